The first-order chi connectivity index (χ1) is 15.2. The summed E-state index contributed by atoms with van der Waals surface area (Å²) >= 11 is 0. The van der Waals surface area contributed by atoms with Crippen LogP contribution in [0.3, 0.4) is 0 Å². The molecule has 0 radical (unpaired) electrons. The molecule has 0 bridgehead atoms. The first kappa shape index (κ1) is 25.2. The third-order valence-corrected chi connectivity index (χ3v) is 4.73. The molecule has 0 saturated heterocycles. The lowest BCUT2D eigenvalue weighted by Crippen LogP contribution is -2.51. The summed E-state index contributed by atoms with van der Waals surface area (Å²) in [5, 5.41) is 15.1. The van der Waals surface area contributed by atoms with Crippen molar-refractivity contribution < 1.29 is 27.9 Å². The van der Waals surface area contributed by atoms with Crippen LogP contribution >= 0.6 is 0 Å². The van der Waals surface area contributed by atoms with Gasteiger partial charge in [0.1, 0.15) is 6.04 Å². The largest absolute Gasteiger partial charge is 0.416 e. The van der Waals surface area contributed by atoms with E-state index in [1.165, 1.54) is 18.2 Å². The van der Waals surface area contributed by atoms with Crippen LogP contribution in [-0.2, 0) is 11.0 Å². The number of nitrogens with zero attached hydrogens (tertiary/aromatic N) is 1. The molecule has 2 amide bonds. The Labute approximate surface area is 185 Å². The van der Waals surface area contributed by atoms with Crippen LogP contribution < -0.4 is 10.6 Å². The zero-order chi connectivity index (χ0) is 23.7. The number of benzene rings is 2. The number of hydrogen-bond donors (Lipinski definition) is 3. The van der Waals surface area contributed by atoms with Gasteiger partial charge >= 0.3 is 6.18 Å². The molecule has 2 aromatic rings. The summed E-state index contributed by atoms with van der Waals surface area (Å²) in [5.41, 5.74) is -0.254. The maximum atomic E-state index is 13.0. The van der Waals surface area contributed by atoms with Crippen molar-refractivity contribution >= 4 is 23.2 Å². The van der Waals surface area contributed by atoms with Gasteiger partial charge in [-0.25, -0.2) is 0 Å². The number of alkyl halides is 3. The molecule has 0 heterocycles. The summed E-state index contributed by atoms with van der Waals surface area (Å²) in [6, 6.07) is 9.77. The highest BCUT2D eigenvalue weighted by Crippen LogP contribution is 2.31. The summed E-state index contributed by atoms with van der Waals surface area (Å²) in [6.45, 7) is 4.30. The molecule has 2 aromatic carbocycles. The number of aliphatic hydroxyl groups excluding tert-OH is 1. The van der Waals surface area contributed by atoms with Crippen LogP contribution in [0, 0.1) is 0 Å². The van der Waals surface area contributed by atoms with Gasteiger partial charge in [-0.1, -0.05) is 32.0 Å². The first-order valence-corrected chi connectivity index (χ1v) is 10.4. The average Bonchev–Trinajstić information content (AvgIpc) is 2.76. The van der Waals surface area contributed by atoms with Crippen molar-refractivity contribution in [1.29, 1.82) is 0 Å². The van der Waals surface area contributed by atoms with Gasteiger partial charge in [-0.05, 0) is 43.2 Å². The fourth-order valence-electron chi connectivity index (χ4n) is 3.23. The minimum absolute atomic E-state index is 0.133. The van der Waals surface area contributed by atoms with Crippen LogP contribution in [0.2, 0.25) is 0 Å². The topological polar surface area (TPSA) is 81.7 Å². The number of hydrogen-bond acceptors (Lipinski definition) is 4. The zero-order valence-electron chi connectivity index (χ0n) is 18.1. The lowest BCUT2D eigenvalue weighted by Gasteiger charge is -2.26. The number of rotatable bonds is 10. The molecule has 9 heteroatoms. The predicted octanol–water partition coefficient (Wildman–Crippen LogP) is 4.19. The second-order valence-corrected chi connectivity index (χ2v) is 7.28. The number of halogens is 3. The number of aliphatic hydroxyl groups is 1. The number of carbonyl (C=O) groups excluding carboxylic acids is 2. The van der Waals surface area contributed by atoms with E-state index in [0.717, 1.165) is 25.0 Å². The SMILES string of the molecule is CCCN(CCC)C(=O)[C@H](CO)NC(=O)c1ccccc1Nc1cccc(C(F)(F)F)c1. The van der Waals surface area contributed by atoms with Crippen LogP contribution in [-0.4, -0.2) is 47.6 Å². The number of nitrogens with one attached hydrogen (secondary N) is 2. The Morgan fingerprint density at radius 3 is 2.28 bits per heavy atom. The van der Waals surface area contributed by atoms with E-state index in [4.69, 9.17) is 0 Å². The Bertz CT molecular complexity index is 913. The molecule has 6 nitrogen and oxygen atoms in total. The lowest BCUT2D eigenvalue weighted by molar-refractivity contribution is -0.137. The van der Waals surface area contributed by atoms with Gasteiger partial charge in [-0.3, -0.25) is 9.59 Å². The molecule has 0 aliphatic heterocycles. The molecule has 32 heavy (non-hydrogen) atoms. The van der Waals surface area contributed by atoms with Crippen molar-refractivity contribution in [2.75, 3.05) is 25.0 Å². The minimum atomic E-state index is -4.49. The summed E-state index contributed by atoms with van der Waals surface area (Å²) < 4.78 is 39.0. The first-order valence-electron chi connectivity index (χ1n) is 10.4. The monoisotopic (exact) mass is 451 g/mol. The van der Waals surface area contributed by atoms with Gasteiger partial charge in [0, 0.05) is 18.8 Å². The van der Waals surface area contributed by atoms with Gasteiger partial charge in [0.25, 0.3) is 5.91 Å². The molecule has 0 aliphatic rings. The van der Waals surface area contributed by atoms with Crippen LogP contribution in [0.5, 0.6) is 0 Å². The molecule has 174 valence electrons. The van der Waals surface area contributed by atoms with Gasteiger partial charge in [0.2, 0.25) is 5.91 Å². The van der Waals surface area contributed by atoms with Gasteiger partial charge in [0.15, 0.2) is 0 Å². The normalized spacial score (nSPS) is 12.2. The fourth-order valence-corrected chi connectivity index (χ4v) is 3.23. The highest BCUT2D eigenvalue weighted by atomic mass is 19.4. The van der Waals surface area contributed by atoms with E-state index in [2.05, 4.69) is 10.6 Å². The summed E-state index contributed by atoms with van der Waals surface area (Å²) in [5.74, 6) is -1.01. The minimum Gasteiger partial charge on any atom is -0.394 e. The van der Waals surface area contributed by atoms with Gasteiger partial charge in [0.05, 0.1) is 23.4 Å². The van der Waals surface area contributed by atoms with Gasteiger partial charge in [-0.15, -0.1) is 0 Å². The Morgan fingerprint density at radius 1 is 1.03 bits per heavy atom. The summed E-state index contributed by atoms with van der Waals surface area (Å²) in [4.78, 5) is 27.2. The highest BCUT2D eigenvalue weighted by molar-refractivity contribution is 6.02. The van der Waals surface area contributed by atoms with Crippen LogP contribution in [0.25, 0.3) is 0 Å². The maximum absolute atomic E-state index is 13.0. The Balaban J connectivity index is 2.22. The van der Waals surface area contributed by atoms with Crippen molar-refractivity contribution in [2.24, 2.45) is 0 Å². The van der Waals surface area contributed by atoms with E-state index in [9.17, 15) is 27.9 Å². The van der Waals surface area contributed by atoms with Crippen molar-refractivity contribution in [1.82, 2.24) is 10.2 Å². The molecule has 0 fully saturated rings. The van der Waals surface area contributed by atoms with Gasteiger partial charge < -0.3 is 20.6 Å². The molecule has 1 atom stereocenters. The summed E-state index contributed by atoms with van der Waals surface area (Å²) in [6.07, 6.45) is -3.02. The smallest absolute Gasteiger partial charge is 0.394 e. The second-order valence-electron chi connectivity index (χ2n) is 7.28. The Kier molecular flexibility index (Phi) is 9.07. The highest BCUT2D eigenvalue weighted by Gasteiger charge is 2.30. The molecule has 0 aromatic heterocycles. The van der Waals surface area contributed by atoms with E-state index in [0.29, 0.717) is 13.1 Å². The van der Waals surface area contributed by atoms with Crippen molar-refractivity contribution in [2.45, 2.75) is 38.9 Å². The second kappa shape index (κ2) is 11.5. The Hall–Kier alpha value is -3.07. The number of anilines is 2. The van der Waals surface area contributed by atoms with Crippen molar-refractivity contribution in [3.63, 3.8) is 0 Å². The molecule has 3 N–H and O–H groups in total. The van der Waals surface area contributed by atoms with Crippen LogP contribution in [0.1, 0.15) is 42.6 Å². The summed E-state index contributed by atoms with van der Waals surface area (Å²) in [7, 11) is 0. The number of para-hydroxylation sites is 1. The molecular formula is C23H28F3N3O3. The average molecular weight is 451 g/mol. The maximum Gasteiger partial charge on any atom is 0.416 e. The van der Waals surface area contributed by atoms with Crippen molar-refractivity contribution in [3.05, 3.63) is 59.7 Å². The van der Waals surface area contributed by atoms with Crippen molar-refractivity contribution in [3.8, 4) is 0 Å². The fraction of sp³-hybridized carbons (Fsp3) is 0.391. The molecule has 0 unspecified atom stereocenters. The molecule has 0 spiro atoms. The Morgan fingerprint density at radius 2 is 1.69 bits per heavy atom. The quantitative estimate of drug-likeness (QED) is 0.506. The molecular weight excluding hydrogens is 423 g/mol. The molecule has 0 saturated carbocycles. The zero-order valence-corrected chi connectivity index (χ0v) is 18.1. The van der Waals surface area contributed by atoms with E-state index in [-0.39, 0.29) is 22.8 Å². The molecule has 0 aliphatic carbocycles. The van der Waals surface area contributed by atoms with Crippen LogP contribution in [0.15, 0.2) is 48.5 Å². The standard InChI is InChI=1S/C23H28F3N3O3/c1-3-12-29(13-4-2)22(32)20(15-30)28-21(31)18-10-5-6-11-19(18)27-17-9-7-8-16(14-17)23(24,25)26/h5-11,14,20,27,30H,3-4,12-13,15H2,1-2H3,(H,28,31)/t20-/m0/s1. The van der Waals surface area contributed by atoms with Crippen LogP contribution in [0.4, 0.5) is 24.5 Å². The number of carbonyl (C=O) groups is 2. The number of amides is 2. The van der Waals surface area contributed by atoms with E-state index >= 15 is 0 Å². The molecule has 2 rings (SSSR count). The van der Waals surface area contributed by atoms with E-state index < -0.39 is 30.3 Å². The lowest BCUT2D eigenvalue weighted by atomic mass is 10.1. The van der Waals surface area contributed by atoms with Gasteiger partial charge in [-0.2, -0.15) is 13.2 Å². The predicted molar refractivity (Wildman–Crippen MR) is 117 cm³/mol. The third-order valence-electron chi connectivity index (χ3n) is 4.73. The third kappa shape index (κ3) is 6.71. The van der Waals surface area contributed by atoms with E-state index in [1.807, 2.05) is 13.8 Å². The van der Waals surface area contributed by atoms with E-state index in [1.54, 1.807) is 23.1 Å².